The highest BCUT2D eigenvalue weighted by Crippen LogP contribution is 1.88. The van der Waals surface area contributed by atoms with Crippen LogP contribution in [0.1, 0.15) is 6.92 Å². The normalized spacial score (nSPS) is 14.6. The van der Waals surface area contributed by atoms with Gasteiger partial charge in [0.15, 0.2) is 0 Å². The molecule has 74 valence electrons. The monoisotopic (exact) mass is 196 g/mol. The summed E-state index contributed by atoms with van der Waals surface area (Å²) in [5.74, 6) is 0.0627. The van der Waals surface area contributed by atoms with Crippen LogP contribution >= 0.6 is 0 Å². The predicted molar refractivity (Wildman–Crippen MR) is 47.3 cm³/mol. The number of methoxy groups -OCH3 is 1. The average Bonchev–Trinajstić information content (AvgIpc) is 2.03. The van der Waals surface area contributed by atoms with Gasteiger partial charge in [-0.2, -0.15) is 0 Å². The van der Waals surface area contributed by atoms with Crippen LogP contribution in [0.4, 0.5) is 0 Å². The molecule has 0 amide bonds. The van der Waals surface area contributed by atoms with Gasteiger partial charge in [-0.05, 0) is 6.92 Å². The van der Waals surface area contributed by atoms with Crippen LogP contribution in [0.3, 0.4) is 0 Å². The highest BCUT2D eigenvalue weighted by atomic mass is 32.2. The van der Waals surface area contributed by atoms with E-state index in [2.05, 4.69) is 4.72 Å². The fourth-order valence-electron chi connectivity index (χ4n) is 0.689. The Morgan fingerprint density at radius 1 is 1.58 bits per heavy atom. The lowest BCUT2D eigenvalue weighted by Crippen LogP contribution is -2.43. The fourth-order valence-corrected chi connectivity index (χ4v) is 1.53. The number of hydrogen-bond donors (Lipinski definition) is 2. The molecule has 3 N–H and O–H groups in total. The van der Waals surface area contributed by atoms with Gasteiger partial charge in [-0.1, -0.05) is 0 Å². The molecule has 0 aromatic carbocycles. The highest BCUT2D eigenvalue weighted by Gasteiger charge is 2.13. The van der Waals surface area contributed by atoms with Crippen LogP contribution in [-0.4, -0.2) is 40.5 Å². The first-order chi connectivity index (χ1) is 5.55. The Morgan fingerprint density at radius 3 is 2.50 bits per heavy atom. The fraction of sp³-hybridized carbons (Fsp3) is 1.00. The maximum Gasteiger partial charge on any atom is 0.211 e. The third-order valence-electron chi connectivity index (χ3n) is 1.38. The molecule has 0 heterocycles. The van der Waals surface area contributed by atoms with E-state index in [1.54, 1.807) is 6.92 Å². The zero-order valence-corrected chi connectivity index (χ0v) is 8.23. The molecule has 0 bridgehead atoms. The topological polar surface area (TPSA) is 81.4 Å². The van der Waals surface area contributed by atoms with E-state index in [1.807, 2.05) is 0 Å². The number of nitrogens with two attached hydrogens (primary N) is 1. The van der Waals surface area contributed by atoms with Crippen LogP contribution in [0.2, 0.25) is 0 Å². The Morgan fingerprint density at radius 2 is 2.17 bits per heavy atom. The molecule has 0 rings (SSSR count). The maximum absolute atomic E-state index is 11.0. The minimum atomic E-state index is -3.16. The number of sulfonamides is 1. The van der Waals surface area contributed by atoms with Crippen molar-refractivity contribution in [1.82, 2.24) is 4.72 Å². The quantitative estimate of drug-likeness (QED) is 0.565. The van der Waals surface area contributed by atoms with Gasteiger partial charge in [-0.3, -0.25) is 0 Å². The summed E-state index contributed by atoms with van der Waals surface area (Å²) in [6.07, 6.45) is 0. The minimum Gasteiger partial charge on any atom is -0.383 e. The van der Waals surface area contributed by atoms with E-state index in [0.717, 1.165) is 0 Å². The molecule has 0 aliphatic rings. The van der Waals surface area contributed by atoms with Crippen LogP contribution in [0.25, 0.3) is 0 Å². The summed E-state index contributed by atoms with van der Waals surface area (Å²) in [5, 5.41) is 0. The summed E-state index contributed by atoms with van der Waals surface area (Å²) in [5.41, 5.74) is 5.31. The molecule has 0 aliphatic heterocycles. The van der Waals surface area contributed by atoms with Crippen molar-refractivity contribution < 1.29 is 13.2 Å². The maximum atomic E-state index is 11.0. The van der Waals surface area contributed by atoms with Crippen molar-refractivity contribution in [1.29, 1.82) is 0 Å². The van der Waals surface area contributed by atoms with Crippen molar-refractivity contribution in [3.63, 3.8) is 0 Å². The SMILES string of the molecule is CCS(=O)(=O)NC(CN)COC. The average molecular weight is 196 g/mol. The van der Waals surface area contributed by atoms with E-state index in [9.17, 15) is 8.42 Å². The number of nitrogens with one attached hydrogen (secondary N) is 1. The number of hydrogen-bond acceptors (Lipinski definition) is 4. The molecule has 1 unspecified atom stereocenters. The van der Waals surface area contributed by atoms with Gasteiger partial charge in [0.1, 0.15) is 0 Å². The summed E-state index contributed by atoms with van der Waals surface area (Å²) >= 11 is 0. The molecule has 0 aliphatic carbocycles. The molecule has 0 saturated heterocycles. The van der Waals surface area contributed by atoms with E-state index in [1.165, 1.54) is 7.11 Å². The van der Waals surface area contributed by atoms with Gasteiger partial charge < -0.3 is 10.5 Å². The van der Waals surface area contributed by atoms with Crippen molar-refractivity contribution in [2.24, 2.45) is 5.73 Å². The molecule has 0 spiro atoms. The zero-order valence-electron chi connectivity index (χ0n) is 7.41. The lowest BCUT2D eigenvalue weighted by atomic mass is 10.3. The van der Waals surface area contributed by atoms with Gasteiger partial charge >= 0.3 is 0 Å². The molecule has 0 saturated carbocycles. The molecule has 0 radical (unpaired) electrons. The van der Waals surface area contributed by atoms with Crippen molar-refractivity contribution in [3.8, 4) is 0 Å². The Balaban J connectivity index is 4.02. The zero-order chi connectivity index (χ0) is 9.61. The first-order valence-corrected chi connectivity index (χ1v) is 5.40. The summed E-state index contributed by atoms with van der Waals surface area (Å²) in [4.78, 5) is 0. The molecule has 0 fully saturated rings. The minimum absolute atomic E-state index is 0.0627. The molecule has 12 heavy (non-hydrogen) atoms. The second-order valence-electron chi connectivity index (χ2n) is 2.41. The van der Waals surface area contributed by atoms with E-state index in [0.29, 0.717) is 6.61 Å². The van der Waals surface area contributed by atoms with E-state index in [4.69, 9.17) is 10.5 Å². The largest absolute Gasteiger partial charge is 0.383 e. The molecular weight excluding hydrogens is 180 g/mol. The van der Waals surface area contributed by atoms with Gasteiger partial charge in [0.2, 0.25) is 10.0 Å². The van der Waals surface area contributed by atoms with E-state index in [-0.39, 0.29) is 18.3 Å². The van der Waals surface area contributed by atoms with Crippen molar-refractivity contribution in [2.75, 3.05) is 26.0 Å². The molecule has 5 nitrogen and oxygen atoms in total. The van der Waals surface area contributed by atoms with Crippen LogP contribution in [0.5, 0.6) is 0 Å². The highest BCUT2D eigenvalue weighted by molar-refractivity contribution is 7.89. The predicted octanol–water partition coefficient (Wildman–Crippen LogP) is -1.10. The lowest BCUT2D eigenvalue weighted by Gasteiger charge is -2.14. The Labute approximate surface area is 73.3 Å². The molecule has 6 heteroatoms. The third kappa shape index (κ3) is 4.66. The summed E-state index contributed by atoms with van der Waals surface area (Å²) in [6.45, 7) is 2.12. The summed E-state index contributed by atoms with van der Waals surface area (Å²) in [7, 11) is -1.66. The number of ether oxygens (including phenoxy) is 1. The molecule has 0 aromatic rings. The van der Waals surface area contributed by atoms with Crippen LogP contribution in [0.15, 0.2) is 0 Å². The van der Waals surface area contributed by atoms with Crippen molar-refractivity contribution >= 4 is 10.0 Å². The van der Waals surface area contributed by atoms with Crippen LogP contribution in [0, 0.1) is 0 Å². The third-order valence-corrected chi connectivity index (χ3v) is 2.83. The molecule has 0 aromatic heterocycles. The van der Waals surface area contributed by atoms with Crippen molar-refractivity contribution in [2.45, 2.75) is 13.0 Å². The standard InChI is InChI=1S/C6H16N2O3S/c1-3-12(9,10)8-6(4-7)5-11-2/h6,8H,3-5,7H2,1-2H3. The number of rotatable bonds is 6. The van der Waals surface area contributed by atoms with Gasteiger partial charge in [-0.25, -0.2) is 13.1 Å². The Kier molecular flexibility index (Phi) is 5.39. The van der Waals surface area contributed by atoms with Crippen molar-refractivity contribution in [3.05, 3.63) is 0 Å². The Bertz CT molecular complexity index is 203. The van der Waals surface area contributed by atoms with Gasteiger partial charge in [-0.15, -0.1) is 0 Å². The van der Waals surface area contributed by atoms with Crippen LogP contribution < -0.4 is 10.5 Å². The van der Waals surface area contributed by atoms with Gasteiger partial charge in [0, 0.05) is 13.7 Å². The van der Waals surface area contributed by atoms with E-state index < -0.39 is 10.0 Å². The second-order valence-corrected chi connectivity index (χ2v) is 4.45. The Hall–Kier alpha value is -0.170. The summed E-state index contributed by atoms with van der Waals surface area (Å²) < 4.78 is 29.2. The van der Waals surface area contributed by atoms with Crippen LogP contribution in [-0.2, 0) is 14.8 Å². The molecule has 1 atom stereocenters. The summed E-state index contributed by atoms with van der Waals surface area (Å²) in [6, 6.07) is -0.319. The van der Waals surface area contributed by atoms with Gasteiger partial charge in [0.05, 0.1) is 18.4 Å². The smallest absolute Gasteiger partial charge is 0.211 e. The first-order valence-electron chi connectivity index (χ1n) is 3.74. The molecular formula is C6H16N2O3S. The van der Waals surface area contributed by atoms with E-state index >= 15 is 0 Å². The first kappa shape index (κ1) is 11.8. The second kappa shape index (κ2) is 5.47. The lowest BCUT2D eigenvalue weighted by molar-refractivity contribution is 0.177. The van der Waals surface area contributed by atoms with Gasteiger partial charge in [0.25, 0.3) is 0 Å².